The zero-order valence-electron chi connectivity index (χ0n) is 8.53. The van der Waals surface area contributed by atoms with Crippen LogP contribution in [0.2, 0.25) is 0 Å². The summed E-state index contributed by atoms with van der Waals surface area (Å²) in [5, 5.41) is 0. The lowest BCUT2D eigenvalue weighted by Gasteiger charge is -2.09. The van der Waals surface area contributed by atoms with Crippen LogP contribution in [0.5, 0.6) is 5.75 Å². The van der Waals surface area contributed by atoms with E-state index >= 15 is 0 Å². The lowest BCUT2D eigenvalue weighted by Crippen LogP contribution is -2.14. The van der Waals surface area contributed by atoms with E-state index in [1.807, 2.05) is 6.92 Å². The van der Waals surface area contributed by atoms with Crippen LogP contribution in [0.1, 0.15) is 29.3 Å². The Kier molecular flexibility index (Phi) is 3.85. The molecule has 0 aliphatic heterocycles. The van der Waals surface area contributed by atoms with E-state index < -0.39 is 5.91 Å². The van der Waals surface area contributed by atoms with Crippen molar-refractivity contribution in [1.82, 2.24) is 0 Å². The van der Waals surface area contributed by atoms with E-state index in [2.05, 4.69) is 0 Å². The van der Waals surface area contributed by atoms with Gasteiger partial charge in [0.15, 0.2) is 0 Å². The number of hydrogen-bond acceptors (Lipinski definition) is 3. The Morgan fingerprint density at radius 2 is 2.27 bits per heavy atom. The van der Waals surface area contributed by atoms with Gasteiger partial charge in [-0.15, -0.1) is 0 Å². The third kappa shape index (κ3) is 2.56. The van der Waals surface area contributed by atoms with Crippen molar-refractivity contribution < 1.29 is 14.3 Å². The van der Waals surface area contributed by atoms with Gasteiger partial charge in [-0.1, -0.05) is 19.4 Å². The maximum absolute atomic E-state index is 11.1. The molecule has 0 aliphatic carbocycles. The summed E-state index contributed by atoms with van der Waals surface area (Å²) >= 11 is 0. The van der Waals surface area contributed by atoms with Crippen LogP contribution < -0.4 is 10.5 Å². The number of carbonyl (C=O) groups is 2. The molecule has 0 fully saturated rings. The molecule has 0 bridgehead atoms. The van der Waals surface area contributed by atoms with Crippen LogP contribution >= 0.6 is 0 Å². The van der Waals surface area contributed by atoms with Crippen molar-refractivity contribution in [1.29, 1.82) is 0 Å². The molecule has 0 saturated heterocycles. The molecule has 0 saturated carbocycles. The number of primary amides is 1. The van der Waals surface area contributed by atoms with Crippen LogP contribution in [0.25, 0.3) is 0 Å². The highest BCUT2D eigenvalue weighted by atomic mass is 16.5. The monoisotopic (exact) mass is 207 g/mol. The number of rotatable bonds is 5. The Hall–Kier alpha value is -1.84. The minimum atomic E-state index is -0.505. The molecule has 0 spiro atoms. The number of ether oxygens (including phenoxy) is 1. The average Bonchev–Trinajstić information content (AvgIpc) is 2.21. The first-order valence-corrected chi connectivity index (χ1v) is 4.72. The zero-order valence-corrected chi connectivity index (χ0v) is 8.53. The van der Waals surface area contributed by atoms with Crippen LogP contribution in [0.4, 0.5) is 0 Å². The zero-order chi connectivity index (χ0) is 11.3. The largest absolute Gasteiger partial charge is 0.428 e. The molecule has 1 aromatic rings. The standard InChI is InChI=1S/C11H13NO3/c1-2-4-8-9(11(12)14)5-3-6-10(8)15-7-13/h3,5-7H,2,4H2,1H3,(H2,12,14). The lowest BCUT2D eigenvalue weighted by atomic mass is 10.0. The molecule has 15 heavy (non-hydrogen) atoms. The second-order valence-electron chi connectivity index (χ2n) is 3.11. The first kappa shape index (κ1) is 11.2. The van der Waals surface area contributed by atoms with E-state index in [4.69, 9.17) is 10.5 Å². The van der Waals surface area contributed by atoms with Crippen molar-refractivity contribution in [3.05, 3.63) is 29.3 Å². The summed E-state index contributed by atoms with van der Waals surface area (Å²) in [7, 11) is 0. The van der Waals surface area contributed by atoms with Gasteiger partial charge >= 0.3 is 0 Å². The second-order valence-corrected chi connectivity index (χ2v) is 3.11. The summed E-state index contributed by atoms with van der Waals surface area (Å²) in [5.41, 5.74) is 6.33. The summed E-state index contributed by atoms with van der Waals surface area (Å²) in [6.45, 7) is 2.32. The first-order chi connectivity index (χ1) is 7.20. The van der Waals surface area contributed by atoms with Gasteiger partial charge in [0.05, 0.1) is 0 Å². The molecule has 0 aromatic heterocycles. The molecule has 0 unspecified atom stereocenters. The number of hydrogen-bond donors (Lipinski definition) is 1. The molecule has 1 aromatic carbocycles. The Bertz CT molecular complexity index is 374. The molecule has 0 radical (unpaired) electrons. The Balaban J connectivity index is 3.20. The predicted octanol–water partition coefficient (Wildman–Crippen LogP) is 1.27. The smallest absolute Gasteiger partial charge is 0.298 e. The van der Waals surface area contributed by atoms with Gasteiger partial charge in [-0.05, 0) is 18.6 Å². The minimum absolute atomic E-state index is 0.346. The highest BCUT2D eigenvalue weighted by molar-refractivity contribution is 5.95. The van der Waals surface area contributed by atoms with Crippen LogP contribution in [0.15, 0.2) is 18.2 Å². The summed E-state index contributed by atoms with van der Waals surface area (Å²) in [6, 6.07) is 4.91. The number of carbonyl (C=O) groups excluding carboxylic acids is 2. The quantitative estimate of drug-likeness (QED) is 0.739. The minimum Gasteiger partial charge on any atom is -0.428 e. The maximum atomic E-state index is 11.1. The highest BCUT2D eigenvalue weighted by Crippen LogP contribution is 2.23. The topological polar surface area (TPSA) is 69.4 Å². The predicted molar refractivity (Wildman–Crippen MR) is 55.6 cm³/mol. The molecule has 80 valence electrons. The lowest BCUT2D eigenvalue weighted by molar-refractivity contribution is -0.120. The molecule has 0 aliphatic rings. The van der Waals surface area contributed by atoms with E-state index in [0.717, 1.165) is 6.42 Å². The second kappa shape index (κ2) is 5.14. The van der Waals surface area contributed by atoms with Gasteiger partial charge in [0.25, 0.3) is 6.47 Å². The van der Waals surface area contributed by atoms with Crippen LogP contribution in [-0.4, -0.2) is 12.4 Å². The molecule has 0 heterocycles. The molecule has 1 amide bonds. The van der Waals surface area contributed by atoms with E-state index in [1.54, 1.807) is 18.2 Å². The highest BCUT2D eigenvalue weighted by Gasteiger charge is 2.12. The molecular weight excluding hydrogens is 194 g/mol. The number of benzene rings is 1. The van der Waals surface area contributed by atoms with Crippen molar-refractivity contribution in [3.8, 4) is 5.75 Å². The fraction of sp³-hybridized carbons (Fsp3) is 0.273. The maximum Gasteiger partial charge on any atom is 0.298 e. The van der Waals surface area contributed by atoms with Crippen molar-refractivity contribution in [2.45, 2.75) is 19.8 Å². The fourth-order valence-corrected chi connectivity index (χ4v) is 1.47. The molecule has 4 heteroatoms. The summed E-state index contributed by atoms with van der Waals surface area (Å²) in [4.78, 5) is 21.4. The number of nitrogens with two attached hydrogens (primary N) is 1. The first-order valence-electron chi connectivity index (χ1n) is 4.72. The molecular formula is C11H13NO3. The Morgan fingerprint density at radius 3 is 2.80 bits per heavy atom. The third-order valence-corrected chi connectivity index (χ3v) is 2.07. The van der Waals surface area contributed by atoms with Crippen LogP contribution in [0, 0.1) is 0 Å². The summed E-state index contributed by atoms with van der Waals surface area (Å²) < 4.78 is 4.79. The van der Waals surface area contributed by atoms with E-state index in [1.165, 1.54) is 0 Å². The van der Waals surface area contributed by atoms with Crippen molar-refractivity contribution in [3.63, 3.8) is 0 Å². The number of amides is 1. The van der Waals surface area contributed by atoms with Crippen LogP contribution in [0.3, 0.4) is 0 Å². The third-order valence-electron chi connectivity index (χ3n) is 2.07. The van der Waals surface area contributed by atoms with Gasteiger partial charge in [0.1, 0.15) is 5.75 Å². The van der Waals surface area contributed by atoms with Crippen LogP contribution in [-0.2, 0) is 11.2 Å². The van der Waals surface area contributed by atoms with E-state index in [9.17, 15) is 9.59 Å². The van der Waals surface area contributed by atoms with Crippen molar-refractivity contribution in [2.75, 3.05) is 0 Å². The molecule has 0 atom stereocenters. The summed E-state index contributed by atoms with van der Waals surface area (Å²) in [6.07, 6.45) is 1.50. The van der Waals surface area contributed by atoms with Crippen molar-refractivity contribution in [2.24, 2.45) is 5.73 Å². The Labute approximate surface area is 88.0 Å². The fourth-order valence-electron chi connectivity index (χ4n) is 1.47. The van der Waals surface area contributed by atoms with E-state index in [-0.39, 0.29) is 0 Å². The summed E-state index contributed by atoms with van der Waals surface area (Å²) in [5.74, 6) is -0.0991. The van der Waals surface area contributed by atoms with Crippen molar-refractivity contribution >= 4 is 12.4 Å². The SMILES string of the molecule is CCCc1c(OC=O)cccc1C(N)=O. The van der Waals surface area contributed by atoms with Gasteiger partial charge in [0.2, 0.25) is 5.91 Å². The van der Waals surface area contributed by atoms with Gasteiger partial charge in [0, 0.05) is 11.1 Å². The van der Waals surface area contributed by atoms with Gasteiger partial charge in [-0.2, -0.15) is 0 Å². The Morgan fingerprint density at radius 1 is 1.53 bits per heavy atom. The van der Waals surface area contributed by atoms with Gasteiger partial charge in [-0.3, -0.25) is 9.59 Å². The van der Waals surface area contributed by atoms with E-state index in [0.29, 0.717) is 29.8 Å². The molecule has 2 N–H and O–H groups in total. The molecule has 1 rings (SSSR count). The van der Waals surface area contributed by atoms with Gasteiger partial charge < -0.3 is 10.5 Å². The normalized spacial score (nSPS) is 9.67. The van der Waals surface area contributed by atoms with Gasteiger partial charge in [-0.25, -0.2) is 0 Å². The average molecular weight is 207 g/mol. The molecule has 4 nitrogen and oxygen atoms in total.